The Hall–Kier alpha value is -2.53. The summed E-state index contributed by atoms with van der Waals surface area (Å²) in [5.41, 5.74) is 1.93. The van der Waals surface area contributed by atoms with E-state index >= 15 is 0 Å². The largest absolute Gasteiger partial charge is 0.497 e. The van der Waals surface area contributed by atoms with Gasteiger partial charge < -0.3 is 9.47 Å². The molecule has 2 heterocycles. The van der Waals surface area contributed by atoms with E-state index in [0.29, 0.717) is 22.1 Å². The molecule has 0 bridgehead atoms. The molecule has 1 aromatic carbocycles. The summed E-state index contributed by atoms with van der Waals surface area (Å²) < 4.78 is 11.8. The SMILES string of the molecule is COC(=O)c1ccn2c(-c3cccc(OC)c3)nc(Cl)c2c1. The van der Waals surface area contributed by atoms with Crippen molar-refractivity contribution < 1.29 is 14.3 Å². The van der Waals surface area contributed by atoms with Crippen LogP contribution in [0.15, 0.2) is 42.6 Å². The molecule has 5 nitrogen and oxygen atoms in total. The van der Waals surface area contributed by atoms with Gasteiger partial charge in [-0.1, -0.05) is 23.7 Å². The van der Waals surface area contributed by atoms with Crippen molar-refractivity contribution in [3.8, 4) is 17.1 Å². The van der Waals surface area contributed by atoms with Crippen LogP contribution in [0.25, 0.3) is 16.9 Å². The van der Waals surface area contributed by atoms with Crippen molar-refractivity contribution in [3.63, 3.8) is 0 Å². The number of hydrogen-bond acceptors (Lipinski definition) is 4. The Morgan fingerprint density at radius 3 is 2.77 bits per heavy atom. The van der Waals surface area contributed by atoms with Crippen molar-refractivity contribution in [1.82, 2.24) is 9.38 Å². The Bertz CT molecular complexity index is 858. The van der Waals surface area contributed by atoms with E-state index in [1.807, 2.05) is 28.7 Å². The predicted molar refractivity (Wildman–Crippen MR) is 83.5 cm³/mol. The number of methoxy groups -OCH3 is 2. The first-order valence-electron chi connectivity index (χ1n) is 6.54. The summed E-state index contributed by atoms with van der Waals surface area (Å²) >= 11 is 6.21. The van der Waals surface area contributed by atoms with Gasteiger partial charge in [0.1, 0.15) is 11.6 Å². The highest BCUT2D eigenvalue weighted by atomic mass is 35.5. The topological polar surface area (TPSA) is 52.8 Å². The number of esters is 1. The van der Waals surface area contributed by atoms with E-state index in [4.69, 9.17) is 21.1 Å². The number of carbonyl (C=O) groups excluding carboxylic acids is 1. The third-order valence-corrected chi connectivity index (χ3v) is 3.63. The maximum Gasteiger partial charge on any atom is 0.337 e. The second-order valence-corrected chi connectivity index (χ2v) is 4.98. The molecule has 0 N–H and O–H groups in total. The van der Waals surface area contributed by atoms with Crippen LogP contribution in [0.2, 0.25) is 5.15 Å². The molecular weight excluding hydrogens is 304 g/mol. The highest BCUT2D eigenvalue weighted by molar-refractivity contribution is 6.33. The molecule has 3 aromatic rings. The molecule has 0 unspecified atom stereocenters. The molecule has 0 radical (unpaired) electrons. The first-order chi connectivity index (χ1) is 10.6. The maximum atomic E-state index is 11.6. The average molecular weight is 317 g/mol. The minimum Gasteiger partial charge on any atom is -0.497 e. The highest BCUT2D eigenvalue weighted by Crippen LogP contribution is 2.28. The number of ether oxygens (including phenoxy) is 2. The zero-order valence-corrected chi connectivity index (χ0v) is 12.8. The Morgan fingerprint density at radius 2 is 2.05 bits per heavy atom. The minimum absolute atomic E-state index is 0.323. The fourth-order valence-corrected chi connectivity index (χ4v) is 2.48. The van der Waals surface area contributed by atoms with E-state index in [2.05, 4.69) is 4.98 Å². The Balaban J connectivity index is 2.17. The van der Waals surface area contributed by atoms with Crippen LogP contribution in [0.1, 0.15) is 10.4 Å². The van der Waals surface area contributed by atoms with Crippen LogP contribution < -0.4 is 4.74 Å². The number of fused-ring (bicyclic) bond motifs is 1. The molecule has 0 amide bonds. The number of halogens is 1. The molecule has 0 aliphatic heterocycles. The molecule has 6 heteroatoms. The van der Waals surface area contributed by atoms with Crippen LogP contribution in [0.5, 0.6) is 5.75 Å². The molecule has 0 aliphatic carbocycles. The highest BCUT2D eigenvalue weighted by Gasteiger charge is 2.14. The molecule has 22 heavy (non-hydrogen) atoms. The van der Waals surface area contributed by atoms with Gasteiger partial charge in [-0.05, 0) is 24.3 Å². The average Bonchev–Trinajstić information content (AvgIpc) is 2.90. The van der Waals surface area contributed by atoms with Gasteiger partial charge in [0.15, 0.2) is 5.15 Å². The number of carbonyl (C=O) groups is 1. The van der Waals surface area contributed by atoms with Crippen LogP contribution in [0, 0.1) is 0 Å². The normalized spacial score (nSPS) is 10.7. The quantitative estimate of drug-likeness (QED) is 0.694. The van der Waals surface area contributed by atoms with E-state index in [-0.39, 0.29) is 0 Å². The fraction of sp³-hybridized carbons (Fsp3) is 0.125. The third kappa shape index (κ3) is 2.40. The zero-order valence-electron chi connectivity index (χ0n) is 12.0. The summed E-state index contributed by atoms with van der Waals surface area (Å²) in [5.74, 6) is 0.995. The van der Waals surface area contributed by atoms with Gasteiger partial charge in [0.05, 0.1) is 25.3 Å². The lowest BCUT2D eigenvalue weighted by Crippen LogP contribution is -2.02. The standard InChI is InChI=1S/C16H13ClN2O3/c1-21-12-5-3-4-10(8-12)15-18-14(17)13-9-11(16(20)22-2)6-7-19(13)15/h3-9H,1-2H3. The molecule has 0 fully saturated rings. The van der Waals surface area contributed by atoms with Gasteiger partial charge in [0, 0.05) is 11.8 Å². The number of rotatable bonds is 3. The Kier molecular flexibility index (Phi) is 3.73. The Labute approximate surface area is 132 Å². The molecule has 112 valence electrons. The minimum atomic E-state index is -0.414. The first kappa shape index (κ1) is 14.4. The zero-order chi connectivity index (χ0) is 15.7. The van der Waals surface area contributed by atoms with Crippen molar-refractivity contribution in [1.29, 1.82) is 0 Å². The van der Waals surface area contributed by atoms with Gasteiger partial charge in [0.25, 0.3) is 0 Å². The van der Waals surface area contributed by atoms with E-state index in [1.54, 1.807) is 25.4 Å². The Morgan fingerprint density at radius 1 is 1.23 bits per heavy atom. The molecule has 0 saturated carbocycles. The van der Waals surface area contributed by atoms with Crippen LogP contribution in [0.3, 0.4) is 0 Å². The van der Waals surface area contributed by atoms with Gasteiger partial charge in [0.2, 0.25) is 0 Å². The maximum absolute atomic E-state index is 11.6. The van der Waals surface area contributed by atoms with Crippen molar-refractivity contribution >= 4 is 23.1 Å². The molecular formula is C16H13ClN2O3. The third-order valence-electron chi connectivity index (χ3n) is 3.35. The second-order valence-electron chi connectivity index (χ2n) is 4.62. The summed E-state index contributed by atoms with van der Waals surface area (Å²) in [5, 5.41) is 0.323. The molecule has 0 atom stereocenters. The number of pyridine rings is 1. The predicted octanol–water partition coefficient (Wildman–Crippen LogP) is 3.45. The summed E-state index contributed by atoms with van der Waals surface area (Å²) in [7, 11) is 2.95. The van der Waals surface area contributed by atoms with Gasteiger partial charge >= 0.3 is 5.97 Å². The number of benzene rings is 1. The van der Waals surface area contributed by atoms with Gasteiger partial charge in [-0.2, -0.15) is 0 Å². The molecule has 2 aromatic heterocycles. The van der Waals surface area contributed by atoms with Crippen molar-refractivity contribution in [2.75, 3.05) is 14.2 Å². The first-order valence-corrected chi connectivity index (χ1v) is 6.92. The van der Waals surface area contributed by atoms with E-state index in [0.717, 1.165) is 11.3 Å². The lowest BCUT2D eigenvalue weighted by Gasteiger charge is -2.05. The van der Waals surface area contributed by atoms with E-state index in [9.17, 15) is 4.79 Å². The number of hydrogen-bond donors (Lipinski definition) is 0. The van der Waals surface area contributed by atoms with Crippen molar-refractivity contribution in [3.05, 3.63) is 53.3 Å². The molecule has 3 rings (SSSR count). The molecule has 0 spiro atoms. The van der Waals surface area contributed by atoms with E-state index in [1.165, 1.54) is 7.11 Å². The summed E-state index contributed by atoms with van der Waals surface area (Å²) in [4.78, 5) is 16.0. The van der Waals surface area contributed by atoms with Crippen molar-refractivity contribution in [2.24, 2.45) is 0 Å². The smallest absolute Gasteiger partial charge is 0.337 e. The van der Waals surface area contributed by atoms with E-state index < -0.39 is 5.97 Å². The van der Waals surface area contributed by atoms with Crippen LogP contribution in [0.4, 0.5) is 0 Å². The molecule has 0 saturated heterocycles. The van der Waals surface area contributed by atoms with Gasteiger partial charge in [-0.3, -0.25) is 4.40 Å². The summed E-state index contributed by atoms with van der Waals surface area (Å²) in [6, 6.07) is 10.9. The summed E-state index contributed by atoms with van der Waals surface area (Å²) in [6.07, 6.45) is 1.75. The van der Waals surface area contributed by atoms with Gasteiger partial charge in [-0.15, -0.1) is 0 Å². The monoisotopic (exact) mass is 316 g/mol. The number of nitrogens with zero attached hydrogens (tertiary/aromatic N) is 2. The van der Waals surface area contributed by atoms with Crippen LogP contribution >= 0.6 is 11.6 Å². The molecule has 0 aliphatic rings. The lowest BCUT2D eigenvalue weighted by molar-refractivity contribution is 0.0600. The lowest BCUT2D eigenvalue weighted by atomic mass is 10.2. The van der Waals surface area contributed by atoms with Crippen LogP contribution in [-0.2, 0) is 4.74 Å². The second kappa shape index (κ2) is 5.69. The fourth-order valence-electron chi connectivity index (χ4n) is 2.26. The van der Waals surface area contributed by atoms with Crippen LogP contribution in [-0.4, -0.2) is 29.6 Å². The van der Waals surface area contributed by atoms with Crippen molar-refractivity contribution in [2.45, 2.75) is 0 Å². The van der Waals surface area contributed by atoms with Gasteiger partial charge in [-0.25, -0.2) is 9.78 Å². The number of imidazole rings is 1. The number of aromatic nitrogens is 2. The summed E-state index contributed by atoms with van der Waals surface area (Å²) in [6.45, 7) is 0.